The monoisotopic (exact) mass is 306 g/mol. The van der Waals surface area contributed by atoms with E-state index >= 15 is 0 Å². The average molecular weight is 306 g/mol. The predicted molar refractivity (Wildman–Crippen MR) is 89.5 cm³/mol. The molecule has 2 rings (SSSR count). The number of nitro groups is 1. The zero-order chi connectivity index (χ0) is 16.1. The van der Waals surface area contributed by atoms with E-state index in [9.17, 15) is 10.1 Å². The fourth-order valence-electron chi connectivity index (χ4n) is 2.70. The number of hydrogen-bond donors (Lipinski definition) is 1. The molecule has 1 aliphatic rings. The molecule has 0 bridgehead atoms. The van der Waals surface area contributed by atoms with Crippen molar-refractivity contribution in [3.8, 4) is 0 Å². The Morgan fingerprint density at radius 3 is 2.64 bits per heavy atom. The fourth-order valence-corrected chi connectivity index (χ4v) is 2.70. The molecular weight excluding hydrogens is 280 g/mol. The molecule has 1 unspecified atom stereocenters. The summed E-state index contributed by atoms with van der Waals surface area (Å²) in [6.45, 7) is 9.42. The highest BCUT2D eigenvalue weighted by Gasteiger charge is 2.17. The van der Waals surface area contributed by atoms with Gasteiger partial charge in [-0.2, -0.15) is 0 Å². The summed E-state index contributed by atoms with van der Waals surface area (Å²) in [7, 11) is 2.15. The lowest BCUT2D eigenvalue weighted by atomic mass is 10.1. The normalized spacial score (nSPS) is 18.1. The van der Waals surface area contributed by atoms with Crippen molar-refractivity contribution in [2.45, 2.75) is 26.3 Å². The van der Waals surface area contributed by atoms with Crippen molar-refractivity contribution >= 4 is 11.4 Å². The maximum Gasteiger partial charge on any atom is 0.292 e. The van der Waals surface area contributed by atoms with Gasteiger partial charge in [0, 0.05) is 44.8 Å². The lowest BCUT2D eigenvalue weighted by Crippen LogP contribution is -2.45. The van der Waals surface area contributed by atoms with Gasteiger partial charge in [-0.1, -0.05) is 6.07 Å². The molecule has 6 nitrogen and oxygen atoms in total. The molecule has 1 saturated heterocycles. The van der Waals surface area contributed by atoms with Gasteiger partial charge in [-0.05, 0) is 38.9 Å². The van der Waals surface area contributed by atoms with Crippen molar-refractivity contribution in [2.75, 3.05) is 45.1 Å². The quantitative estimate of drug-likeness (QED) is 0.645. The maximum absolute atomic E-state index is 11.1. The molecule has 0 spiro atoms. The molecule has 1 fully saturated rings. The Hall–Kier alpha value is -1.66. The van der Waals surface area contributed by atoms with Gasteiger partial charge in [-0.3, -0.25) is 10.1 Å². The Balaban J connectivity index is 1.87. The van der Waals surface area contributed by atoms with E-state index in [0.29, 0.717) is 5.69 Å². The summed E-state index contributed by atoms with van der Waals surface area (Å²) in [4.78, 5) is 15.6. The largest absolute Gasteiger partial charge is 0.377 e. The molecule has 6 heteroatoms. The van der Waals surface area contributed by atoms with Crippen LogP contribution in [-0.2, 0) is 0 Å². The van der Waals surface area contributed by atoms with Crippen LogP contribution in [0, 0.1) is 17.0 Å². The molecule has 122 valence electrons. The molecule has 1 aromatic carbocycles. The predicted octanol–water partition coefficient (Wildman–Crippen LogP) is 2.34. The van der Waals surface area contributed by atoms with E-state index in [0.717, 1.165) is 44.7 Å². The van der Waals surface area contributed by atoms with E-state index in [4.69, 9.17) is 0 Å². The number of nitro benzene ring substituents is 1. The van der Waals surface area contributed by atoms with Gasteiger partial charge in [0.05, 0.1) is 4.92 Å². The molecule has 0 radical (unpaired) electrons. The summed E-state index contributed by atoms with van der Waals surface area (Å²) in [6, 6.07) is 5.54. The number of benzene rings is 1. The van der Waals surface area contributed by atoms with Crippen molar-refractivity contribution in [1.29, 1.82) is 0 Å². The van der Waals surface area contributed by atoms with Crippen molar-refractivity contribution in [3.05, 3.63) is 33.9 Å². The van der Waals surface area contributed by atoms with Crippen LogP contribution in [0.15, 0.2) is 18.2 Å². The Morgan fingerprint density at radius 1 is 1.32 bits per heavy atom. The second kappa shape index (κ2) is 7.56. The van der Waals surface area contributed by atoms with E-state index < -0.39 is 0 Å². The van der Waals surface area contributed by atoms with Gasteiger partial charge < -0.3 is 15.1 Å². The first-order chi connectivity index (χ1) is 10.5. The van der Waals surface area contributed by atoms with E-state index in [1.807, 2.05) is 13.0 Å². The average Bonchev–Trinajstić information content (AvgIpc) is 2.48. The molecule has 1 N–H and O–H groups in total. The van der Waals surface area contributed by atoms with Crippen LogP contribution >= 0.6 is 0 Å². The maximum atomic E-state index is 11.1. The third kappa shape index (κ3) is 4.68. The smallest absolute Gasteiger partial charge is 0.292 e. The molecule has 0 aliphatic carbocycles. The van der Waals surface area contributed by atoms with Crippen molar-refractivity contribution in [2.24, 2.45) is 0 Å². The Kier molecular flexibility index (Phi) is 5.74. The number of rotatable bonds is 6. The van der Waals surface area contributed by atoms with Crippen molar-refractivity contribution in [3.63, 3.8) is 0 Å². The van der Waals surface area contributed by atoms with Gasteiger partial charge >= 0.3 is 0 Å². The highest BCUT2D eigenvalue weighted by Crippen LogP contribution is 2.26. The number of nitrogens with zero attached hydrogens (tertiary/aromatic N) is 3. The topological polar surface area (TPSA) is 61.6 Å². The molecule has 22 heavy (non-hydrogen) atoms. The molecule has 1 aromatic rings. The van der Waals surface area contributed by atoms with Crippen LogP contribution in [0.4, 0.5) is 11.4 Å². The van der Waals surface area contributed by atoms with Crippen LogP contribution in [0.2, 0.25) is 0 Å². The number of piperazine rings is 1. The summed E-state index contributed by atoms with van der Waals surface area (Å²) >= 11 is 0. The lowest BCUT2D eigenvalue weighted by molar-refractivity contribution is -0.384. The SMILES string of the molecule is Cc1ccc(NC(C)CCN2CCN(C)CC2)c([N+](=O)[O-])c1. The number of aryl methyl sites for hydroxylation is 1. The minimum atomic E-state index is -0.317. The minimum Gasteiger partial charge on any atom is -0.377 e. The summed E-state index contributed by atoms with van der Waals surface area (Å²) < 4.78 is 0. The molecular formula is C16H26N4O2. The first kappa shape index (κ1) is 16.7. The summed E-state index contributed by atoms with van der Waals surface area (Å²) in [5, 5.41) is 14.4. The molecule has 0 amide bonds. The van der Waals surface area contributed by atoms with Crippen LogP contribution in [0.3, 0.4) is 0 Å². The van der Waals surface area contributed by atoms with E-state index in [1.54, 1.807) is 12.1 Å². The molecule has 0 aromatic heterocycles. The van der Waals surface area contributed by atoms with Gasteiger partial charge in [-0.15, -0.1) is 0 Å². The third-order valence-corrected chi connectivity index (χ3v) is 4.23. The highest BCUT2D eigenvalue weighted by molar-refractivity contribution is 5.62. The number of hydrogen-bond acceptors (Lipinski definition) is 5. The fraction of sp³-hybridized carbons (Fsp3) is 0.625. The van der Waals surface area contributed by atoms with E-state index in [1.165, 1.54) is 0 Å². The van der Waals surface area contributed by atoms with Gasteiger partial charge in [0.2, 0.25) is 0 Å². The van der Waals surface area contributed by atoms with Gasteiger partial charge in [0.25, 0.3) is 5.69 Å². The van der Waals surface area contributed by atoms with Crippen LogP contribution in [0.1, 0.15) is 18.9 Å². The molecule has 0 saturated carbocycles. The lowest BCUT2D eigenvalue weighted by Gasteiger charge is -2.33. The summed E-state index contributed by atoms with van der Waals surface area (Å²) in [6.07, 6.45) is 0.981. The first-order valence-corrected chi connectivity index (χ1v) is 7.88. The highest BCUT2D eigenvalue weighted by atomic mass is 16.6. The number of anilines is 1. The molecule has 1 atom stereocenters. The van der Waals surface area contributed by atoms with Crippen molar-refractivity contribution in [1.82, 2.24) is 9.80 Å². The van der Waals surface area contributed by atoms with E-state index in [-0.39, 0.29) is 16.7 Å². The van der Waals surface area contributed by atoms with Gasteiger partial charge in [0.1, 0.15) is 5.69 Å². The number of likely N-dealkylation sites (N-methyl/N-ethyl adjacent to an activating group) is 1. The Morgan fingerprint density at radius 2 is 2.00 bits per heavy atom. The first-order valence-electron chi connectivity index (χ1n) is 7.88. The Bertz CT molecular complexity index is 513. The second-order valence-electron chi connectivity index (χ2n) is 6.26. The van der Waals surface area contributed by atoms with Crippen molar-refractivity contribution < 1.29 is 4.92 Å². The zero-order valence-corrected chi connectivity index (χ0v) is 13.7. The van der Waals surface area contributed by atoms with E-state index in [2.05, 4.69) is 29.1 Å². The van der Waals surface area contributed by atoms with Gasteiger partial charge in [-0.25, -0.2) is 0 Å². The van der Waals surface area contributed by atoms with Gasteiger partial charge in [0.15, 0.2) is 0 Å². The van der Waals surface area contributed by atoms with Crippen LogP contribution in [0.25, 0.3) is 0 Å². The standard InChI is InChI=1S/C16H26N4O2/c1-13-4-5-15(16(12-13)20(21)22)17-14(2)6-7-19-10-8-18(3)9-11-19/h4-5,12,14,17H,6-11H2,1-3H3. The molecule has 1 aliphatic heterocycles. The molecule has 1 heterocycles. The van der Waals surface area contributed by atoms with Crippen LogP contribution in [0.5, 0.6) is 0 Å². The van der Waals surface area contributed by atoms with Crippen LogP contribution in [-0.4, -0.2) is 60.5 Å². The Labute approximate surface area is 132 Å². The summed E-state index contributed by atoms with van der Waals surface area (Å²) in [5.74, 6) is 0. The second-order valence-corrected chi connectivity index (χ2v) is 6.26. The third-order valence-electron chi connectivity index (χ3n) is 4.23. The minimum absolute atomic E-state index is 0.159. The summed E-state index contributed by atoms with van der Waals surface area (Å²) in [5.41, 5.74) is 1.68. The van der Waals surface area contributed by atoms with Crippen LogP contribution < -0.4 is 5.32 Å². The zero-order valence-electron chi connectivity index (χ0n) is 13.7. The number of nitrogens with one attached hydrogen (secondary N) is 1.